The number of methoxy groups -OCH3 is 2. The van der Waals surface area contributed by atoms with E-state index in [2.05, 4.69) is 9.88 Å². The lowest BCUT2D eigenvalue weighted by molar-refractivity contribution is -0.141. The number of aryl methyl sites for hydroxylation is 1. The van der Waals surface area contributed by atoms with Gasteiger partial charge in [0.05, 0.1) is 31.3 Å². The summed E-state index contributed by atoms with van der Waals surface area (Å²) in [5.41, 5.74) is 3.73. The highest BCUT2D eigenvalue weighted by atomic mass is 32.1. The fraction of sp³-hybridized carbons (Fsp3) is 0.444. The number of hydrogen-bond donors (Lipinski definition) is 1. The van der Waals surface area contributed by atoms with E-state index in [9.17, 15) is 9.90 Å². The maximum atomic E-state index is 11.8. The Kier molecular flexibility index (Phi) is 5.24. The standard InChI is InChI=1S/C18H22N2O4S/c1-11-16(25-10-19-11)9-20-7-13(14(8-20)18(21)22)12-5-4-6-15(23-2)17(12)24-3/h4-6,10,13-14H,7-9H2,1-3H3,(H,21,22)/t13-,14+/m0/s1. The first-order chi connectivity index (χ1) is 12.0. The molecule has 2 aromatic rings. The number of ether oxygens (including phenoxy) is 2. The lowest BCUT2D eigenvalue weighted by atomic mass is 9.88. The molecule has 0 spiro atoms. The summed E-state index contributed by atoms with van der Waals surface area (Å²) in [7, 11) is 3.17. The summed E-state index contributed by atoms with van der Waals surface area (Å²) in [6.45, 7) is 3.89. The molecule has 2 atom stereocenters. The fourth-order valence-corrected chi connectivity index (χ4v) is 4.28. The molecule has 3 rings (SSSR count). The number of likely N-dealkylation sites (tertiary alicyclic amines) is 1. The molecule has 134 valence electrons. The van der Waals surface area contributed by atoms with Crippen LogP contribution < -0.4 is 9.47 Å². The largest absolute Gasteiger partial charge is 0.493 e. The molecule has 1 aromatic heterocycles. The van der Waals surface area contributed by atoms with E-state index in [1.807, 2.05) is 30.6 Å². The Morgan fingerprint density at radius 3 is 2.76 bits per heavy atom. The summed E-state index contributed by atoms with van der Waals surface area (Å²) in [4.78, 5) is 19.5. The number of aromatic nitrogens is 1. The van der Waals surface area contributed by atoms with Crippen molar-refractivity contribution in [3.63, 3.8) is 0 Å². The van der Waals surface area contributed by atoms with E-state index in [4.69, 9.17) is 9.47 Å². The zero-order chi connectivity index (χ0) is 18.0. The topological polar surface area (TPSA) is 71.9 Å². The van der Waals surface area contributed by atoms with Crippen LogP contribution in [0.1, 0.15) is 22.1 Å². The van der Waals surface area contributed by atoms with Gasteiger partial charge in [-0.2, -0.15) is 0 Å². The molecule has 25 heavy (non-hydrogen) atoms. The SMILES string of the molecule is COc1cccc([C@@H]2CN(Cc3scnc3C)C[C@H]2C(=O)O)c1OC. The van der Waals surface area contributed by atoms with Crippen LogP contribution in [0.25, 0.3) is 0 Å². The fourth-order valence-electron chi connectivity index (χ4n) is 3.46. The number of carboxylic acids is 1. The van der Waals surface area contributed by atoms with Crippen molar-refractivity contribution in [2.75, 3.05) is 27.3 Å². The van der Waals surface area contributed by atoms with Crippen LogP contribution in [0.5, 0.6) is 11.5 Å². The summed E-state index contributed by atoms with van der Waals surface area (Å²) in [6.07, 6.45) is 0. The van der Waals surface area contributed by atoms with Crippen LogP contribution >= 0.6 is 11.3 Å². The summed E-state index contributed by atoms with van der Waals surface area (Å²) >= 11 is 1.61. The monoisotopic (exact) mass is 362 g/mol. The van der Waals surface area contributed by atoms with Crippen LogP contribution in [0.3, 0.4) is 0 Å². The lowest BCUT2D eigenvalue weighted by Gasteiger charge is -2.20. The first-order valence-corrected chi connectivity index (χ1v) is 8.98. The first-order valence-electron chi connectivity index (χ1n) is 8.10. The maximum Gasteiger partial charge on any atom is 0.308 e. The van der Waals surface area contributed by atoms with Crippen molar-refractivity contribution in [3.05, 3.63) is 39.8 Å². The highest BCUT2D eigenvalue weighted by Crippen LogP contribution is 2.42. The molecule has 2 heterocycles. The van der Waals surface area contributed by atoms with Crippen LogP contribution in [0.4, 0.5) is 0 Å². The van der Waals surface area contributed by atoms with Crippen molar-refractivity contribution < 1.29 is 19.4 Å². The average Bonchev–Trinajstić information content (AvgIpc) is 3.21. The second-order valence-electron chi connectivity index (χ2n) is 6.19. The van der Waals surface area contributed by atoms with Crippen LogP contribution in [0, 0.1) is 12.8 Å². The van der Waals surface area contributed by atoms with E-state index >= 15 is 0 Å². The molecular weight excluding hydrogens is 340 g/mol. The van der Waals surface area contributed by atoms with Crippen molar-refractivity contribution in [2.24, 2.45) is 5.92 Å². The molecule has 1 aliphatic heterocycles. The lowest BCUT2D eigenvalue weighted by Crippen LogP contribution is -2.23. The van der Waals surface area contributed by atoms with Crippen LogP contribution in [-0.2, 0) is 11.3 Å². The van der Waals surface area contributed by atoms with Gasteiger partial charge in [0, 0.05) is 36.0 Å². The zero-order valence-corrected chi connectivity index (χ0v) is 15.4. The Hall–Kier alpha value is -2.12. The molecule has 1 aliphatic rings. The Bertz CT molecular complexity index is 761. The number of thiazole rings is 1. The number of aliphatic carboxylic acids is 1. The van der Waals surface area contributed by atoms with Gasteiger partial charge >= 0.3 is 5.97 Å². The summed E-state index contributed by atoms with van der Waals surface area (Å²) in [5.74, 6) is -0.152. The third kappa shape index (κ3) is 3.48. The average molecular weight is 362 g/mol. The minimum absolute atomic E-state index is 0.143. The number of carbonyl (C=O) groups is 1. The quantitative estimate of drug-likeness (QED) is 0.852. The van der Waals surface area contributed by atoms with Crippen molar-refractivity contribution in [1.29, 1.82) is 0 Å². The normalized spacial score (nSPS) is 20.6. The molecule has 1 saturated heterocycles. The van der Waals surface area contributed by atoms with Gasteiger partial charge < -0.3 is 14.6 Å². The molecule has 0 bridgehead atoms. The maximum absolute atomic E-state index is 11.8. The smallest absolute Gasteiger partial charge is 0.308 e. The molecule has 0 saturated carbocycles. The molecule has 6 nitrogen and oxygen atoms in total. The number of nitrogens with zero attached hydrogens (tertiary/aromatic N) is 2. The van der Waals surface area contributed by atoms with Gasteiger partial charge in [0.25, 0.3) is 0 Å². The number of hydrogen-bond acceptors (Lipinski definition) is 6. The van der Waals surface area contributed by atoms with Crippen molar-refractivity contribution >= 4 is 17.3 Å². The Morgan fingerprint density at radius 2 is 2.16 bits per heavy atom. The predicted octanol–water partition coefficient (Wildman–Crippen LogP) is 2.77. The number of para-hydroxylation sites is 1. The van der Waals surface area contributed by atoms with Gasteiger partial charge in [-0.25, -0.2) is 4.98 Å². The Balaban J connectivity index is 1.89. The van der Waals surface area contributed by atoms with Gasteiger partial charge in [0.1, 0.15) is 0 Å². The molecule has 0 radical (unpaired) electrons. The number of benzene rings is 1. The third-order valence-electron chi connectivity index (χ3n) is 4.76. The molecule has 1 aromatic carbocycles. The van der Waals surface area contributed by atoms with E-state index in [0.29, 0.717) is 24.6 Å². The van der Waals surface area contributed by atoms with E-state index in [-0.39, 0.29) is 5.92 Å². The van der Waals surface area contributed by atoms with Gasteiger partial charge in [0.2, 0.25) is 0 Å². The molecule has 0 aliphatic carbocycles. The first kappa shape index (κ1) is 17.7. The van der Waals surface area contributed by atoms with Gasteiger partial charge in [0.15, 0.2) is 11.5 Å². The molecule has 1 N–H and O–H groups in total. The van der Waals surface area contributed by atoms with Gasteiger partial charge in [-0.15, -0.1) is 11.3 Å². The van der Waals surface area contributed by atoms with Gasteiger partial charge in [-0.1, -0.05) is 12.1 Å². The van der Waals surface area contributed by atoms with Crippen molar-refractivity contribution in [2.45, 2.75) is 19.4 Å². The summed E-state index contributed by atoms with van der Waals surface area (Å²) in [6, 6.07) is 5.64. The zero-order valence-electron chi connectivity index (χ0n) is 14.6. The summed E-state index contributed by atoms with van der Waals surface area (Å²) in [5, 5.41) is 9.73. The van der Waals surface area contributed by atoms with E-state index < -0.39 is 11.9 Å². The van der Waals surface area contributed by atoms with Crippen molar-refractivity contribution in [3.8, 4) is 11.5 Å². The molecule has 1 fully saturated rings. The van der Waals surface area contributed by atoms with Crippen LogP contribution in [0.2, 0.25) is 0 Å². The Morgan fingerprint density at radius 1 is 1.36 bits per heavy atom. The number of carboxylic acid groups (broad SMARTS) is 1. The minimum atomic E-state index is -0.779. The second-order valence-corrected chi connectivity index (χ2v) is 7.13. The third-order valence-corrected chi connectivity index (χ3v) is 5.68. The highest BCUT2D eigenvalue weighted by Gasteiger charge is 2.40. The van der Waals surface area contributed by atoms with E-state index in [1.165, 1.54) is 4.88 Å². The molecule has 0 unspecified atom stereocenters. The molecular formula is C18H22N2O4S. The minimum Gasteiger partial charge on any atom is -0.493 e. The predicted molar refractivity (Wildman–Crippen MR) is 95.5 cm³/mol. The summed E-state index contributed by atoms with van der Waals surface area (Å²) < 4.78 is 10.9. The number of rotatable bonds is 6. The van der Waals surface area contributed by atoms with Crippen LogP contribution in [0.15, 0.2) is 23.7 Å². The molecule has 7 heteroatoms. The van der Waals surface area contributed by atoms with Crippen LogP contribution in [-0.4, -0.2) is 48.3 Å². The highest BCUT2D eigenvalue weighted by molar-refractivity contribution is 7.09. The Labute approximate surface area is 151 Å². The van der Waals surface area contributed by atoms with E-state index in [1.54, 1.807) is 25.6 Å². The molecule has 0 amide bonds. The second kappa shape index (κ2) is 7.41. The van der Waals surface area contributed by atoms with E-state index in [0.717, 1.165) is 17.8 Å². The van der Waals surface area contributed by atoms with Gasteiger partial charge in [-0.3, -0.25) is 9.69 Å². The van der Waals surface area contributed by atoms with Gasteiger partial charge in [-0.05, 0) is 13.0 Å². The van der Waals surface area contributed by atoms with Crippen molar-refractivity contribution in [1.82, 2.24) is 9.88 Å².